The smallest absolute Gasteiger partial charge is 0.343 e. The average molecular weight is 398 g/mol. The number of carbonyl (C=O) groups excluding carboxylic acids is 2. The fraction of sp³-hybridized carbons (Fsp3) is 0. The lowest BCUT2D eigenvalue weighted by molar-refractivity contribution is -0.384. The highest BCUT2D eigenvalue weighted by molar-refractivity contribution is 6.14. The van der Waals surface area contributed by atoms with Crippen LogP contribution in [0.1, 0.15) is 26.3 Å². The summed E-state index contributed by atoms with van der Waals surface area (Å²) in [6.45, 7) is 0. The first-order valence-electron chi connectivity index (χ1n) is 8.76. The molecule has 0 radical (unpaired) electrons. The lowest BCUT2D eigenvalue weighted by atomic mass is 10.0. The molecule has 0 spiro atoms. The number of carbonyl (C=O) groups is 2. The standard InChI is InChI=1S/C23H14N2O5/c24-15-19(22(26)17-5-2-1-3-6-17)13-16-9-11-21(12-10-16)30-23(27)18-7-4-8-20(14-18)25(28)29/h1-14H. The van der Waals surface area contributed by atoms with Crippen molar-refractivity contribution >= 4 is 23.5 Å². The number of nitro benzene ring substituents is 1. The van der Waals surface area contributed by atoms with E-state index in [1.54, 1.807) is 42.5 Å². The summed E-state index contributed by atoms with van der Waals surface area (Å²) in [5.41, 5.74) is 0.798. The molecule has 3 aromatic carbocycles. The zero-order chi connectivity index (χ0) is 21.5. The molecule has 0 atom stereocenters. The van der Waals surface area contributed by atoms with Crippen LogP contribution in [0.3, 0.4) is 0 Å². The van der Waals surface area contributed by atoms with Gasteiger partial charge in [0.05, 0.1) is 10.5 Å². The number of esters is 1. The van der Waals surface area contributed by atoms with E-state index in [4.69, 9.17) is 4.74 Å². The fourth-order valence-electron chi connectivity index (χ4n) is 2.60. The van der Waals surface area contributed by atoms with Gasteiger partial charge in [0.25, 0.3) is 5.69 Å². The number of rotatable bonds is 6. The van der Waals surface area contributed by atoms with Gasteiger partial charge in [-0.3, -0.25) is 14.9 Å². The summed E-state index contributed by atoms with van der Waals surface area (Å²) in [5.74, 6) is -0.908. The Morgan fingerprint density at radius 1 is 0.933 bits per heavy atom. The third kappa shape index (κ3) is 4.82. The Morgan fingerprint density at radius 2 is 1.60 bits per heavy atom. The summed E-state index contributed by atoms with van der Waals surface area (Å²) in [6.07, 6.45) is 1.45. The largest absolute Gasteiger partial charge is 0.423 e. The summed E-state index contributed by atoms with van der Waals surface area (Å²) in [5, 5.41) is 20.1. The number of hydrogen-bond donors (Lipinski definition) is 0. The Hall–Kier alpha value is -4.57. The van der Waals surface area contributed by atoms with Crippen molar-refractivity contribution in [3.05, 3.63) is 111 Å². The first-order chi connectivity index (χ1) is 14.5. The fourth-order valence-corrected chi connectivity index (χ4v) is 2.60. The van der Waals surface area contributed by atoms with E-state index in [2.05, 4.69) is 0 Å². The van der Waals surface area contributed by atoms with Gasteiger partial charge in [-0.2, -0.15) is 5.26 Å². The molecule has 0 aromatic heterocycles. The van der Waals surface area contributed by atoms with Crippen LogP contribution in [-0.2, 0) is 0 Å². The summed E-state index contributed by atoms with van der Waals surface area (Å²) in [7, 11) is 0. The molecular formula is C23H14N2O5. The maximum atomic E-state index is 12.4. The summed E-state index contributed by atoms with van der Waals surface area (Å²) >= 11 is 0. The normalized spacial score (nSPS) is 10.7. The summed E-state index contributed by atoms with van der Waals surface area (Å²) in [6, 6.07) is 21.8. The van der Waals surface area contributed by atoms with Crippen LogP contribution in [0.2, 0.25) is 0 Å². The van der Waals surface area contributed by atoms with Crippen LogP contribution in [0.25, 0.3) is 6.08 Å². The van der Waals surface area contributed by atoms with Gasteiger partial charge in [0.1, 0.15) is 17.4 Å². The van der Waals surface area contributed by atoms with Gasteiger partial charge in [-0.15, -0.1) is 0 Å². The molecule has 0 saturated heterocycles. The first kappa shape index (κ1) is 20.2. The molecule has 0 aliphatic carbocycles. The topological polar surface area (TPSA) is 110 Å². The van der Waals surface area contributed by atoms with Crippen LogP contribution < -0.4 is 4.74 Å². The van der Waals surface area contributed by atoms with Crippen molar-refractivity contribution in [3.8, 4) is 11.8 Å². The third-order valence-electron chi connectivity index (χ3n) is 4.10. The van der Waals surface area contributed by atoms with E-state index in [0.717, 1.165) is 6.07 Å². The minimum atomic E-state index is -0.737. The molecule has 0 N–H and O–H groups in total. The van der Waals surface area contributed by atoms with E-state index in [9.17, 15) is 25.0 Å². The zero-order valence-electron chi connectivity index (χ0n) is 15.5. The molecule has 0 bridgehead atoms. The minimum Gasteiger partial charge on any atom is -0.423 e. The number of nitrogens with zero attached hydrogens (tertiary/aromatic N) is 2. The number of ether oxygens (including phenoxy) is 1. The molecule has 0 unspecified atom stereocenters. The number of nitro groups is 1. The molecule has 3 aromatic rings. The van der Waals surface area contributed by atoms with Gasteiger partial charge >= 0.3 is 5.97 Å². The second kappa shape index (κ2) is 9.08. The Balaban J connectivity index is 1.74. The molecule has 0 heterocycles. The Kier molecular flexibility index (Phi) is 6.11. The summed E-state index contributed by atoms with van der Waals surface area (Å²) < 4.78 is 5.22. The highest BCUT2D eigenvalue weighted by atomic mass is 16.6. The predicted octanol–water partition coefficient (Wildman–Crippen LogP) is 4.60. The maximum absolute atomic E-state index is 12.4. The molecule has 0 fully saturated rings. The SMILES string of the molecule is N#CC(=Cc1ccc(OC(=O)c2cccc([N+](=O)[O-])c2)cc1)C(=O)c1ccccc1. The van der Waals surface area contributed by atoms with Crippen molar-refractivity contribution in [2.75, 3.05) is 0 Å². The zero-order valence-corrected chi connectivity index (χ0v) is 15.5. The van der Waals surface area contributed by atoms with Gasteiger partial charge in [-0.05, 0) is 29.8 Å². The predicted molar refractivity (Wildman–Crippen MR) is 109 cm³/mol. The lowest BCUT2D eigenvalue weighted by Crippen LogP contribution is -2.08. The molecule has 7 heteroatoms. The molecule has 30 heavy (non-hydrogen) atoms. The van der Waals surface area contributed by atoms with Crippen molar-refractivity contribution in [2.24, 2.45) is 0 Å². The Bertz CT molecular complexity index is 1180. The van der Waals surface area contributed by atoms with Crippen LogP contribution in [0, 0.1) is 21.4 Å². The number of non-ortho nitro benzene ring substituents is 1. The van der Waals surface area contributed by atoms with E-state index in [-0.39, 0.29) is 28.4 Å². The van der Waals surface area contributed by atoms with Crippen LogP contribution in [0.4, 0.5) is 5.69 Å². The monoisotopic (exact) mass is 398 g/mol. The highest BCUT2D eigenvalue weighted by Gasteiger charge is 2.14. The van der Waals surface area contributed by atoms with Crippen LogP contribution in [-0.4, -0.2) is 16.7 Å². The highest BCUT2D eigenvalue weighted by Crippen LogP contribution is 2.19. The molecular weight excluding hydrogens is 384 g/mol. The number of benzene rings is 3. The molecule has 0 aliphatic rings. The van der Waals surface area contributed by atoms with Gasteiger partial charge in [0, 0.05) is 17.7 Å². The second-order valence-electron chi connectivity index (χ2n) is 6.13. The second-order valence-corrected chi connectivity index (χ2v) is 6.13. The summed E-state index contributed by atoms with van der Waals surface area (Å²) in [4.78, 5) is 34.8. The van der Waals surface area contributed by atoms with Crippen molar-refractivity contribution in [3.63, 3.8) is 0 Å². The van der Waals surface area contributed by atoms with E-state index in [0.29, 0.717) is 11.1 Å². The van der Waals surface area contributed by atoms with Gasteiger partial charge in [0.15, 0.2) is 0 Å². The van der Waals surface area contributed by atoms with Gasteiger partial charge in [-0.1, -0.05) is 48.5 Å². The van der Waals surface area contributed by atoms with E-state index < -0.39 is 10.9 Å². The molecule has 0 aliphatic heterocycles. The van der Waals surface area contributed by atoms with Gasteiger partial charge in [-0.25, -0.2) is 4.79 Å². The third-order valence-corrected chi connectivity index (χ3v) is 4.10. The van der Waals surface area contributed by atoms with Gasteiger partial charge in [0.2, 0.25) is 5.78 Å². The number of hydrogen-bond acceptors (Lipinski definition) is 6. The van der Waals surface area contributed by atoms with E-state index >= 15 is 0 Å². The first-order valence-corrected chi connectivity index (χ1v) is 8.76. The van der Waals surface area contributed by atoms with Crippen molar-refractivity contribution < 1.29 is 19.2 Å². The van der Waals surface area contributed by atoms with Crippen molar-refractivity contribution in [2.45, 2.75) is 0 Å². The van der Waals surface area contributed by atoms with E-state index in [1.807, 2.05) is 6.07 Å². The minimum absolute atomic E-state index is 0.0254. The molecule has 0 saturated carbocycles. The quantitative estimate of drug-likeness (QED) is 0.114. The van der Waals surface area contributed by atoms with Gasteiger partial charge < -0.3 is 4.74 Å². The Labute approximate surface area is 171 Å². The van der Waals surface area contributed by atoms with Crippen LogP contribution >= 0.6 is 0 Å². The van der Waals surface area contributed by atoms with E-state index in [1.165, 1.54) is 36.4 Å². The number of Topliss-reactive ketones (excluding diaryl/α,β-unsaturated/α-hetero) is 1. The van der Waals surface area contributed by atoms with Crippen LogP contribution in [0.15, 0.2) is 84.4 Å². The molecule has 146 valence electrons. The molecule has 3 rings (SSSR count). The molecule has 0 amide bonds. The average Bonchev–Trinajstić information content (AvgIpc) is 2.78. The van der Waals surface area contributed by atoms with Crippen LogP contribution in [0.5, 0.6) is 5.75 Å². The number of nitriles is 1. The molecule has 7 nitrogen and oxygen atoms in total. The lowest BCUT2D eigenvalue weighted by Gasteiger charge is -2.05. The maximum Gasteiger partial charge on any atom is 0.343 e. The van der Waals surface area contributed by atoms with Crippen molar-refractivity contribution in [1.29, 1.82) is 5.26 Å². The Morgan fingerprint density at radius 3 is 2.23 bits per heavy atom. The van der Waals surface area contributed by atoms with Crippen molar-refractivity contribution in [1.82, 2.24) is 0 Å². The number of allylic oxidation sites excluding steroid dienone is 1. The number of ketones is 1.